The number of amides is 1. The Hall–Kier alpha value is -3.88. The van der Waals surface area contributed by atoms with Crippen LogP contribution in [-0.4, -0.2) is 38.5 Å². The predicted molar refractivity (Wildman–Crippen MR) is 133 cm³/mol. The Morgan fingerprint density at radius 3 is 2.50 bits per heavy atom. The second-order valence-electron chi connectivity index (χ2n) is 9.55. The normalized spacial score (nSPS) is 14.6. The number of aryl methyl sites for hydroxylation is 1. The molecule has 0 saturated heterocycles. The van der Waals surface area contributed by atoms with E-state index in [4.69, 9.17) is 0 Å². The summed E-state index contributed by atoms with van der Waals surface area (Å²) in [5.41, 5.74) is 5.67. The molecule has 1 fully saturated rings. The lowest BCUT2D eigenvalue weighted by atomic mass is 10.0. The molecule has 1 aliphatic rings. The molecule has 0 spiro atoms. The van der Waals surface area contributed by atoms with E-state index in [1.165, 1.54) is 0 Å². The summed E-state index contributed by atoms with van der Waals surface area (Å²) in [6.45, 7) is 3.67. The number of fused-ring (bicyclic) bond motifs is 1. The zero-order valence-corrected chi connectivity index (χ0v) is 20.0. The molecule has 0 bridgehead atoms. The van der Waals surface area contributed by atoms with Gasteiger partial charge in [-0.2, -0.15) is 13.2 Å². The van der Waals surface area contributed by atoms with Crippen molar-refractivity contribution in [1.82, 2.24) is 19.7 Å². The van der Waals surface area contributed by atoms with E-state index in [1.54, 1.807) is 30.7 Å². The van der Waals surface area contributed by atoms with E-state index in [0.717, 1.165) is 40.8 Å². The number of benzene rings is 1. The van der Waals surface area contributed by atoms with E-state index in [9.17, 15) is 18.0 Å². The molecule has 1 aromatic carbocycles. The molecule has 0 aliphatic heterocycles. The first-order valence-electron chi connectivity index (χ1n) is 11.8. The lowest BCUT2D eigenvalue weighted by Gasteiger charge is -2.15. The zero-order chi connectivity index (χ0) is 25.5. The van der Waals surface area contributed by atoms with Gasteiger partial charge in [-0.05, 0) is 68.1 Å². The minimum absolute atomic E-state index is 0.0895. The molecule has 36 heavy (non-hydrogen) atoms. The van der Waals surface area contributed by atoms with Crippen molar-refractivity contribution in [3.63, 3.8) is 0 Å². The van der Waals surface area contributed by atoms with Gasteiger partial charge in [0.05, 0.1) is 24.0 Å². The average molecular weight is 494 g/mol. The van der Waals surface area contributed by atoms with Crippen molar-refractivity contribution < 1.29 is 18.0 Å². The van der Waals surface area contributed by atoms with Gasteiger partial charge in [-0.25, -0.2) is 4.98 Å². The molecule has 1 amide bonds. The highest BCUT2D eigenvalue weighted by Crippen LogP contribution is 2.35. The fourth-order valence-electron chi connectivity index (χ4n) is 4.20. The number of anilines is 1. The largest absolute Gasteiger partial charge is 0.390 e. The second kappa shape index (κ2) is 8.96. The zero-order valence-electron chi connectivity index (χ0n) is 20.0. The van der Waals surface area contributed by atoms with Crippen LogP contribution in [0.15, 0.2) is 61.2 Å². The first kappa shape index (κ1) is 23.8. The Morgan fingerprint density at radius 2 is 1.83 bits per heavy atom. The van der Waals surface area contributed by atoms with E-state index in [0.29, 0.717) is 16.9 Å². The summed E-state index contributed by atoms with van der Waals surface area (Å²) in [5, 5.41) is 5.99. The van der Waals surface area contributed by atoms with Crippen LogP contribution >= 0.6 is 0 Å². The summed E-state index contributed by atoms with van der Waals surface area (Å²) in [6.07, 6.45) is 3.70. The first-order valence-corrected chi connectivity index (χ1v) is 11.8. The highest BCUT2D eigenvalue weighted by atomic mass is 19.4. The minimum atomic E-state index is -4.25. The molecule has 2 N–H and O–H groups in total. The number of hydrogen-bond acceptors (Lipinski definition) is 4. The van der Waals surface area contributed by atoms with Crippen LogP contribution in [0.5, 0.6) is 0 Å². The Kier molecular flexibility index (Phi) is 5.94. The summed E-state index contributed by atoms with van der Waals surface area (Å²) in [7, 11) is 0. The van der Waals surface area contributed by atoms with Crippen LogP contribution in [0, 0.1) is 6.92 Å². The lowest BCUT2D eigenvalue weighted by Crippen LogP contribution is -2.34. The van der Waals surface area contributed by atoms with Crippen molar-refractivity contribution in [3.8, 4) is 22.4 Å². The quantitative estimate of drug-likeness (QED) is 0.330. The van der Waals surface area contributed by atoms with Crippen LogP contribution in [0.1, 0.15) is 42.1 Å². The maximum absolute atomic E-state index is 12.8. The fourth-order valence-corrected chi connectivity index (χ4v) is 4.20. The van der Waals surface area contributed by atoms with Crippen molar-refractivity contribution in [1.29, 1.82) is 0 Å². The number of halogens is 3. The predicted octanol–water partition coefficient (Wildman–Crippen LogP) is 6.02. The summed E-state index contributed by atoms with van der Waals surface area (Å²) in [5.74, 6) is -0.0895. The van der Waals surface area contributed by atoms with Gasteiger partial charge in [-0.3, -0.25) is 14.2 Å². The Balaban J connectivity index is 1.53. The molecule has 3 aromatic heterocycles. The van der Waals surface area contributed by atoms with Gasteiger partial charge in [0.1, 0.15) is 0 Å². The number of pyridine rings is 2. The number of hydrogen-bond donors (Lipinski definition) is 2. The van der Waals surface area contributed by atoms with Crippen LogP contribution in [0.4, 0.5) is 18.9 Å². The van der Waals surface area contributed by atoms with Crippen LogP contribution < -0.4 is 10.6 Å². The molecule has 0 unspecified atom stereocenters. The number of rotatable bonds is 7. The third-order valence-electron chi connectivity index (χ3n) is 6.53. The van der Waals surface area contributed by atoms with Gasteiger partial charge in [0.2, 0.25) is 0 Å². The number of carbonyl (C=O) groups is 1. The van der Waals surface area contributed by atoms with E-state index in [-0.39, 0.29) is 18.0 Å². The summed E-state index contributed by atoms with van der Waals surface area (Å²) >= 11 is 0. The van der Waals surface area contributed by atoms with E-state index >= 15 is 0 Å². The van der Waals surface area contributed by atoms with E-state index < -0.39 is 12.6 Å². The number of nitrogens with zero attached hydrogens (tertiary/aromatic N) is 3. The Labute approximate surface area is 206 Å². The minimum Gasteiger partial charge on any atom is -0.382 e. The number of alkyl halides is 3. The molecule has 0 radical (unpaired) electrons. The lowest BCUT2D eigenvalue weighted by molar-refractivity contribution is -0.131. The van der Waals surface area contributed by atoms with E-state index in [2.05, 4.69) is 20.6 Å². The smallest absolute Gasteiger partial charge is 0.382 e. The molecule has 6 nitrogen and oxygen atoms in total. The molecule has 1 aliphatic carbocycles. The highest BCUT2D eigenvalue weighted by Gasteiger charge is 2.39. The summed E-state index contributed by atoms with van der Waals surface area (Å²) in [6, 6.07) is 11.1. The SMILES string of the molecule is Cc1cc(-c2cnc3c(NCCC(F)(F)F)cc(-c4ccncc4)cn23)ccc1C(=O)NC1(C)CC1. The number of carbonyl (C=O) groups excluding carboxylic acids is 1. The maximum atomic E-state index is 12.8. The standard InChI is InChI=1S/C27H26F3N5O/c1-17-13-19(3-4-21(17)25(36)34-26(2)7-8-26)23-15-33-24-22(32-12-9-27(28,29)30)14-20(16-35(23)24)18-5-10-31-11-6-18/h3-6,10-11,13-16,32H,7-9,12H2,1-2H3,(H,34,36). The molecule has 0 atom stereocenters. The van der Waals surface area contributed by atoms with E-state index in [1.807, 2.05) is 48.7 Å². The fraction of sp³-hybridized carbons (Fsp3) is 0.296. The van der Waals surface area contributed by atoms with Gasteiger partial charge in [0.25, 0.3) is 5.91 Å². The van der Waals surface area contributed by atoms with Crippen molar-refractivity contribution >= 4 is 17.2 Å². The van der Waals surface area contributed by atoms with Crippen LogP contribution in [0.25, 0.3) is 28.0 Å². The van der Waals surface area contributed by atoms with Crippen molar-refractivity contribution in [2.24, 2.45) is 0 Å². The molecular weight excluding hydrogens is 467 g/mol. The topological polar surface area (TPSA) is 71.3 Å². The molecule has 186 valence electrons. The Bertz CT molecular complexity index is 1420. The average Bonchev–Trinajstić information content (AvgIpc) is 3.39. The van der Waals surface area contributed by atoms with Gasteiger partial charge in [0.15, 0.2) is 5.65 Å². The molecule has 1 saturated carbocycles. The molecule has 4 aromatic rings. The Morgan fingerprint density at radius 1 is 1.08 bits per heavy atom. The van der Waals surface area contributed by atoms with Crippen molar-refractivity contribution in [2.75, 3.05) is 11.9 Å². The third kappa shape index (κ3) is 5.05. The number of imidazole rings is 1. The van der Waals surface area contributed by atoms with Gasteiger partial charge in [-0.15, -0.1) is 0 Å². The molecule has 9 heteroatoms. The number of nitrogens with one attached hydrogen (secondary N) is 2. The van der Waals surface area contributed by atoms with Crippen molar-refractivity contribution in [3.05, 3.63) is 72.3 Å². The van der Waals surface area contributed by atoms with Gasteiger partial charge < -0.3 is 10.6 Å². The van der Waals surface area contributed by atoms with Crippen LogP contribution in [-0.2, 0) is 0 Å². The maximum Gasteiger partial charge on any atom is 0.390 e. The van der Waals surface area contributed by atoms with Gasteiger partial charge >= 0.3 is 6.18 Å². The highest BCUT2D eigenvalue weighted by molar-refractivity contribution is 5.97. The van der Waals surface area contributed by atoms with Crippen LogP contribution in [0.2, 0.25) is 0 Å². The van der Waals surface area contributed by atoms with Gasteiger partial charge in [-0.1, -0.05) is 6.07 Å². The van der Waals surface area contributed by atoms with Gasteiger partial charge in [0, 0.05) is 47.4 Å². The summed E-state index contributed by atoms with van der Waals surface area (Å²) in [4.78, 5) is 21.3. The molecule has 3 heterocycles. The molecule has 5 rings (SSSR count). The number of aromatic nitrogens is 3. The van der Waals surface area contributed by atoms with Crippen molar-refractivity contribution in [2.45, 2.75) is 44.8 Å². The first-order chi connectivity index (χ1) is 17.1. The monoisotopic (exact) mass is 493 g/mol. The molecular formula is C27H26F3N5O. The third-order valence-corrected chi connectivity index (χ3v) is 6.53. The second-order valence-corrected chi connectivity index (χ2v) is 9.55. The van der Waals surface area contributed by atoms with Crippen LogP contribution in [0.3, 0.4) is 0 Å². The summed E-state index contributed by atoms with van der Waals surface area (Å²) < 4.78 is 40.2.